The Hall–Kier alpha value is -1.30. The Morgan fingerprint density at radius 3 is 2.67 bits per heavy atom. The molecule has 0 radical (unpaired) electrons. The molecule has 0 aliphatic carbocycles. The van der Waals surface area contributed by atoms with E-state index in [9.17, 15) is 8.78 Å². The Bertz CT molecular complexity index is 408. The lowest BCUT2D eigenvalue weighted by Gasteiger charge is -2.11. The van der Waals surface area contributed by atoms with Gasteiger partial charge in [0.15, 0.2) is 5.96 Å². The zero-order valence-corrected chi connectivity index (χ0v) is 11.2. The maximum atomic E-state index is 12.4. The van der Waals surface area contributed by atoms with Gasteiger partial charge in [0.1, 0.15) is 0 Å². The molecule has 0 fully saturated rings. The van der Waals surface area contributed by atoms with Crippen molar-refractivity contribution in [2.24, 2.45) is 16.6 Å². The number of halogens is 2. The highest BCUT2D eigenvalue weighted by atomic mass is 32.2. The Balaban J connectivity index is 2.74. The maximum Gasteiger partial charge on any atom is 0.288 e. The average Bonchev–Trinajstić information content (AvgIpc) is 2.28. The van der Waals surface area contributed by atoms with Gasteiger partial charge >= 0.3 is 0 Å². The van der Waals surface area contributed by atoms with Crippen LogP contribution in [0.3, 0.4) is 0 Å². The predicted molar refractivity (Wildman–Crippen MR) is 73.3 cm³/mol. The van der Waals surface area contributed by atoms with Crippen molar-refractivity contribution >= 4 is 23.4 Å². The second-order valence-corrected chi connectivity index (χ2v) is 5.15. The van der Waals surface area contributed by atoms with Crippen molar-refractivity contribution in [2.45, 2.75) is 24.5 Å². The smallest absolute Gasteiger partial charge is 0.288 e. The number of rotatable bonds is 5. The predicted octanol–water partition coefficient (Wildman–Crippen LogP) is 3.38. The van der Waals surface area contributed by atoms with Gasteiger partial charge in [-0.1, -0.05) is 37.7 Å². The van der Waals surface area contributed by atoms with Crippen LogP contribution < -0.4 is 11.1 Å². The molecule has 0 bridgehead atoms. The van der Waals surface area contributed by atoms with Crippen molar-refractivity contribution in [1.29, 1.82) is 0 Å². The summed E-state index contributed by atoms with van der Waals surface area (Å²) >= 11 is 0.485. The van der Waals surface area contributed by atoms with Gasteiger partial charge in [0.25, 0.3) is 5.76 Å². The van der Waals surface area contributed by atoms with E-state index in [1.807, 2.05) is 13.8 Å². The van der Waals surface area contributed by atoms with Gasteiger partial charge in [-0.15, -0.1) is 0 Å². The van der Waals surface area contributed by atoms with Gasteiger partial charge in [0.05, 0.1) is 5.69 Å². The summed E-state index contributed by atoms with van der Waals surface area (Å²) in [5.41, 5.74) is 6.24. The molecule has 3 nitrogen and oxygen atoms in total. The number of nitrogens with one attached hydrogen (secondary N) is 1. The minimum absolute atomic E-state index is 0.242. The Morgan fingerprint density at radius 1 is 1.39 bits per heavy atom. The number of alkyl halides is 2. The summed E-state index contributed by atoms with van der Waals surface area (Å²) in [6.07, 6.45) is 0. The van der Waals surface area contributed by atoms with Gasteiger partial charge in [0, 0.05) is 11.4 Å². The van der Waals surface area contributed by atoms with Crippen LogP contribution in [0.25, 0.3) is 0 Å². The van der Waals surface area contributed by atoms with E-state index in [1.165, 1.54) is 0 Å². The molecule has 3 N–H and O–H groups in total. The van der Waals surface area contributed by atoms with Crippen LogP contribution in [0.15, 0.2) is 34.2 Å². The summed E-state index contributed by atoms with van der Waals surface area (Å²) in [4.78, 5) is 4.58. The third-order valence-electron chi connectivity index (χ3n) is 1.99. The molecule has 0 aromatic heterocycles. The zero-order chi connectivity index (χ0) is 13.5. The summed E-state index contributed by atoms with van der Waals surface area (Å²) in [5.74, 6) is -1.82. The minimum atomic E-state index is -2.46. The summed E-state index contributed by atoms with van der Waals surface area (Å²) in [6, 6.07) is 6.78. The van der Waals surface area contributed by atoms with Crippen molar-refractivity contribution in [2.75, 3.05) is 11.9 Å². The first-order chi connectivity index (χ1) is 8.49. The van der Waals surface area contributed by atoms with Crippen molar-refractivity contribution in [3.63, 3.8) is 0 Å². The largest absolute Gasteiger partial charge is 0.370 e. The lowest BCUT2D eigenvalue weighted by molar-refractivity contribution is 0.252. The van der Waals surface area contributed by atoms with Crippen LogP contribution in [0.5, 0.6) is 0 Å². The summed E-state index contributed by atoms with van der Waals surface area (Å²) < 4.78 is 24.7. The number of hydrogen-bond acceptors (Lipinski definition) is 2. The molecule has 0 atom stereocenters. The summed E-state index contributed by atoms with van der Waals surface area (Å²) in [7, 11) is 0. The number of thioether (sulfide) groups is 1. The minimum Gasteiger partial charge on any atom is -0.370 e. The monoisotopic (exact) mass is 273 g/mol. The van der Waals surface area contributed by atoms with E-state index >= 15 is 0 Å². The first kappa shape index (κ1) is 14.8. The number of para-hydroxylation sites is 1. The van der Waals surface area contributed by atoms with Gasteiger partial charge in [-0.05, 0) is 18.1 Å². The lowest BCUT2D eigenvalue weighted by atomic mass is 10.2. The fourth-order valence-corrected chi connectivity index (χ4v) is 1.82. The normalized spacial score (nSPS) is 12.2. The highest BCUT2D eigenvalue weighted by Gasteiger charge is 2.09. The molecule has 1 rings (SSSR count). The summed E-state index contributed by atoms with van der Waals surface area (Å²) in [5, 5.41) is 2.84. The Labute approximate surface area is 110 Å². The fraction of sp³-hybridized carbons (Fsp3) is 0.417. The average molecular weight is 273 g/mol. The van der Waals surface area contributed by atoms with Crippen LogP contribution in [0.2, 0.25) is 0 Å². The molecule has 0 aliphatic rings. The first-order valence-electron chi connectivity index (χ1n) is 5.60. The molecular formula is C12H17F2N3S. The SMILES string of the molecule is CC(C)CN=C(N)Nc1ccccc1SC(F)F. The third kappa shape index (κ3) is 5.35. The Kier molecular flexibility index (Phi) is 5.91. The molecule has 100 valence electrons. The number of nitrogens with zero attached hydrogens (tertiary/aromatic N) is 1. The molecule has 0 spiro atoms. The van der Waals surface area contributed by atoms with Gasteiger partial charge in [-0.2, -0.15) is 8.78 Å². The van der Waals surface area contributed by atoms with Crippen LogP contribution in [0.1, 0.15) is 13.8 Å². The third-order valence-corrected chi connectivity index (χ3v) is 2.78. The van der Waals surface area contributed by atoms with Crippen LogP contribution in [-0.4, -0.2) is 18.3 Å². The molecule has 1 aromatic carbocycles. The van der Waals surface area contributed by atoms with E-state index in [-0.39, 0.29) is 5.96 Å². The highest BCUT2D eigenvalue weighted by molar-refractivity contribution is 7.99. The molecule has 18 heavy (non-hydrogen) atoms. The molecule has 0 saturated carbocycles. The van der Waals surface area contributed by atoms with Gasteiger partial charge in [-0.25, -0.2) is 0 Å². The second-order valence-electron chi connectivity index (χ2n) is 4.12. The van der Waals surface area contributed by atoms with Crippen LogP contribution in [-0.2, 0) is 0 Å². The molecular weight excluding hydrogens is 256 g/mol. The van der Waals surface area contributed by atoms with E-state index in [2.05, 4.69) is 10.3 Å². The van der Waals surface area contributed by atoms with Crippen LogP contribution in [0, 0.1) is 5.92 Å². The number of guanidine groups is 1. The molecule has 0 heterocycles. The molecule has 0 amide bonds. The topological polar surface area (TPSA) is 50.4 Å². The van der Waals surface area contributed by atoms with E-state index in [1.54, 1.807) is 24.3 Å². The second kappa shape index (κ2) is 7.20. The van der Waals surface area contributed by atoms with Crippen molar-refractivity contribution in [3.05, 3.63) is 24.3 Å². The molecule has 0 aliphatic heterocycles. The van der Waals surface area contributed by atoms with E-state index in [4.69, 9.17) is 5.73 Å². The van der Waals surface area contributed by atoms with Crippen molar-refractivity contribution in [3.8, 4) is 0 Å². The lowest BCUT2D eigenvalue weighted by Crippen LogP contribution is -2.23. The van der Waals surface area contributed by atoms with Crippen LogP contribution >= 0.6 is 11.8 Å². The molecule has 1 aromatic rings. The van der Waals surface area contributed by atoms with Crippen molar-refractivity contribution in [1.82, 2.24) is 0 Å². The number of benzene rings is 1. The first-order valence-corrected chi connectivity index (χ1v) is 6.47. The van der Waals surface area contributed by atoms with Gasteiger partial charge in [-0.3, -0.25) is 4.99 Å². The van der Waals surface area contributed by atoms with Crippen LogP contribution in [0.4, 0.5) is 14.5 Å². The number of aliphatic imine (C=N–C) groups is 1. The van der Waals surface area contributed by atoms with E-state index < -0.39 is 5.76 Å². The molecule has 0 saturated heterocycles. The zero-order valence-electron chi connectivity index (χ0n) is 10.4. The van der Waals surface area contributed by atoms with Gasteiger partial charge < -0.3 is 11.1 Å². The molecule has 0 unspecified atom stereocenters. The standard InChI is InChI=1S/C12H17F2N3S/c1-8(2)7-16-12(15)17-9-5-3-4-6-10(9)18-11(13)14/h3-6,8,11H,7H2,1-2H3,(H3,15,16,17). The Morgan fingerprint density at radius 2 is 2.06 bits per heavy atom. The quantitative estimate of drug-likeness (QED) is 0.491. The summed E-state index contributed by atoms with van der Waals surface area (Å²) in [6.45, 7) is 4.65. The maximum absolute atomic E-state index is 12.4. The molecule has 6 heteroatoms. The van der Waals surface area contributed by atoms with Gasteiger partial charge in [0.2, 0.25) is 0 Å². The van der Waals surface area contributed by atoms with E-state index in [0.717, 1.165) is 0 Å². The number of anilines is 1. The van der Waals surface area contributed by atoms with E-state index in [0.29, 0.717) is 34.8 Å². The number of hydrogen-bond donors (Lipinski definition) is 2. The number of nitrogens with two attached hydrogens (primary N) is 1. The highest BCUT2D eigenvalue weighted by Crippen LogP contribution is 2.31. The van der Waals surface area contributed by atoms with Crippen molar-refractivity contribution < 1.29 is 8.78 Å². The fourth-order valence-electron chi connectivity index (χ4n) is 1.23.